The Labute approximate surface area is 173 Å². The first-order valence-electron chi connectivity index (χ1n) is 8.55. The van der Waals surface area contributed by atoms with Gasteiger partial charge in [-0.1, -0.05) is 11.6 Å². The lowest BCUT2D eigenvalue weighted by atomic mass is 9.81. The number of hydrogen-bond donors (Lipinski definition) is 1. The van der Waals surface area contributed by atoms with E-state index < -0.39 is 54.0 Å². The summed E-state index contributed by atoms with van der Waals surface area (Å²) in [6.07, 6.45) is -4.03. The van der Waals surface area contributed by atoms with E-state index in [0.717, 1.165) is 25.3 Å². The van der Waals surface area contributed by atoms with Crippen molar-refractivity contribution in [1.82, 2.24) is 4.98 Å². The molecule has 166 valence electrons. The Hall–Kier alpha value is -2.43. The van der Waals surface area contributed by atoms with Gasteiger partial charge >= 0.3 is 6.18 Å². The van der Waals surface area contributed by atoms with Crippen molar-refractivity contribution < 1.29 is 35.8 Å². The number of nitrogens with zero attached hydrogens (tertiary/aromatic N) is 2. The summed E-state index contributed by atoms with van der Waals surface area (Å²) in [6.45, 7) is 0.576. The summed E-state index contributed by atoms with van der Waals surface area (Å²) >= 11 is 5.61. The van der Waals surface area contributed by atoms with Crippen molar-refractivity contribution in [3.05, 3.63) is 46.8 Å². The Morgan fingerprint density at radius 1 is 1.37 bits per heavy atom. The molecule has 12 heteroatoms. The van der Waals surface area contributed by atoms with Crippen molar-refractivity contribution in [2.45, 2.75) is 38.1 Å². The zero-order valence-electron chi connectivity index (χ0n) is 15.8. The molecule has 0 spiro atoms. The molecule has 0 bridgehead atoms. The summed E-state index contributed by atoms with van der Waals surface area (Å²) in [5, 5.41) is 0.0317. The summed E-state index contributed by atoms with van der Waals surface area (Å²) in [5.74, 6) is -3.41. The maximum absolute atomic E-state index is 14.4. The highest BCUT2D eigenvalue weighted by molar-refractivity contribution is 6.30. The van der Waals surface area contributed by atoms with E-state index in [1.165, 1.54) is 6.08 Å². The van der Waals surface area contributed by atoms with Crippen LogP contribution in [0, 0.1) is 11.7 Å². The zero-order chi connectivity index (χ0) is 22.7. The molecule has 3 atom stereocenters. The van der Waals surface area contributed by atoms with Crippen molar-refractivity contribution in [1.29, 1.82) is 0 Å². The number of halogens is 7. The Kier molecular flexibility index (Phi) is 7.27. The average molecular weight is 458 g/mol. The third-order valence-electron chi connectivity index (χ3n) is 4.31. The molecule has 1 aliphatic rings. The van der Waals surface area contributed by atoms with Gasteiger partial charge in [0.15, 0.2) is 11.9 Å². The smallest absolute Gasteiger partial charge is 0.425 e. The minimum absolute atomic E-state index is 0.0214. The van der Waals surface area contributed by atoms with E-state index in [2.05, 4.69) is 14.7 Å². The van der Waals surface area contributed by atoms with Gasteiger partial charge in [0.2, 0.25) is 0 Å². The molecule has 1 heterocycles. The van der Waals surface area contributed by atoms with E-state index in [4.69, 9.17) is 22.1 Å². The first-order chi connectivity index (χ1) is 13.9. The minimum atomic E-state index is -4.72. The molecule has 0 saturated heterocycles. The second-order valence-corrected chi connectivity index (χ2v) is 7.16. The monoisotopic (exact) mass is 457 g/mol. The first-order valence-corrected chi connectivity index (χ1v) is 8.93. The fourth-order valence-corrected chi connectivity index (χ4v) is 2.72. The number of amidine groups is 1. The fraction of sp³-hybridized carbons (Fsp3) is 0.444. The number of alkyl halides is 4. The molecule has 2 rings (SSSR count). The molecule has 1 aromatic heterocycles. The molecule has 0 saturated carbocycles. The summed E-state index contributed by atoms with van der Waals surface area (Å²) in [7, 11) is 0. The van der Waals surface area contributed by atoms with Crippen LogP contribution in [-0.2, 0) is 4.74 Å². The Balaban J connectivity index is 2.22. The molecular formula is C18H18ClF6N3O2. The van der Waals surface area contributed by atoms with Crippen molar-refractivity contribution in [3.63, 3.8) is 0 Å². The van der Waals surface area contributed by atoms with E-state index in [0.29, 0.717) is 6.92 Å². The summed E-state index contributed by atoms with van der Waals surface area (Å²) in [6, 6.07) is 0.00648. The van der Waals surface area contributed by atoms with Gasteiger partial charge in [0, 0.05) is 18.5 Å². The highest BCUT2D eigenvalue weighted by Crippen LogP contribution is 2.38. The van der Waals surface area contributed by atoms with Gasteiger partial charge in [-0.25, -0.2) is 23.1 Å². The molecule has 0 fully saturated rings. The molecule has 0 aliphatic heterocycles. The standard InChI is InChI=1S/C18H18ClF6N3O2/c1-9(18(23,24)25)29-16(26)28-17(2,8-20)12-6-11(3-4-13(12)21)30-15-14(22)5-10(19)7-27-15/h3-5,7,9,12H,6,8H2,1-2H3,(H2,26,28)/t9-,12?,17?/m0/s1. The SMILES string of the molecule is C[C@H](OC(N)=NC(C)(CF)C1CC(Oc2ncc(Cl)cc2F)=CC=C1F)C(F)(F)F. The zero-order valence-corrected chi connectivity index (χ0v) is 16.6. The van der Waals surface area contributed by atoms with E-state index >= 15 is 0 Å². The van der Waals surface area contributed by atoms with Crippen molar-refractivity contribution in [2.24, 2.45) is 16.6 Å². The minimum Gasteiger partial charge on any atom is -0.453 e. The fourth-order valence-electron chi connectivity index (χ4n) is 2.58. The third-order valence-corrected chi connectivity index (χ3v) is 4.52. The average Bonchev–Trinajstić information content (AvgIpc) is 2.64. The number of rotatable bonds is 6. The van der Waals surface area contributed by atoms with Gasteiger partial charge in [-0.15, -0.1) is 0 Å². The first kappa shape index (κ1) is 23.8. The van der Waals surface area contributed by atoms with E-state index in [1.807, 2.05) is 0 Å². The van der Waals surface area contributed by atoms with Gasteiger partial charge in [-0.05, 0) is 32.1 Å². The van der Waals surface area contributed by atoms with Crippen LogP contribution in [0.15, 0.2) is 41.0 Å². The molecule has 1 aliphatic carbocycles. The molecule has 1 aromatic rings. The number of aliphatic imine (C=N–C) groups is 1. The van der Waals surface area contributed by atoms with Crippen LogP contribution >= 0.6 is 11.6 Å². The molecule has 0 aromatic carbocycles. The molecule has 30 heavy (non-hydrogen) atoms. The molecular weight excluding hydrogens is 440 g/mol. The van der Waals surface area contributed by atoms with Gasteiger partial charge in [-0.2, -0.15) is 13.2 Å². The number of nitrogens with two attached hydrogens (primary N) is 1. The van der Waals surface area contributed by atoms with Gasteiger partial charge in [-0.3, -0.25) is 0 Å². The Bertz CT molecular complexity index is 874. The van der Waals surface area contributed by atoms with E-state index in [1.54, 1.807) is 0 Å². The van der Waals surface area contributed by atoms with Crippen LogP contribution in [0.3, 0.4) is 0 Å². The predicted molar refractivity (Wildman–Crippen MR) is 97.8 cm³/mol. The summed E-state index contributed by atoms with van der Waals surface area (Å²) in [5.41, 5.74) is 3.47. The number of hydrogen-bond acceptors (Lipinski definition) is 4. The molecule has 2 N–H and O–H groups in total. The predicted octanol–water partition coefficient (Wildman–Crippen LogP) is 5.02. The van der Waals surface area contributed by atoms with Gasteiger partial charge in [0.05, 0.1) is 5.02 Å². The highest BCUT2D eigenvalue weighted by Gasteiger charge is 2.42. The molecule has 5 nitrogen and oxygen atoms in total. The maximum atomic E-state index is 14.4. The summed E-state index contributed by atoms with van der Waals surface area (Å²) in [4.78, 5) is 7.32. The lowest BCUT2D eigenvalue weighted by Crippen LogP contribution is -2.41. The van der Waals surface area contributed by atoms with Crippen LogP contribution in [0.2, 0.25) is 5.02 Å². The highest BCUT2D eigenvalue weighted by atomic mass is 35.5. The normalized spacial score (nSPS) is 20.7. The van der Waals surface area contributed by atoms with E-state index in [-0.39, 0.29) is 17.2 Å². The topological polar surface area (TPSA) is 69.7 Å². The quantitative estimate of drug-likeness (QED) is 0.370. The molecule has 2 unspecified atom stereocenters. The number of ether oxygens (including phenoxy) is 2. The largest absolute Gasteiger partial charge is 0.453 e. The van der Waals surface area contributed by atoms with Crippen LogP contribution in [0.5, 0.6) is 5.88 Å². The van der Waals surface area contributed by atoms with Crippen LogP contribution in [0.25, 0.3) is 0 Å². The van der Waals surface area contributed by atoms with Crippen molar-refractivity contribution in [3.8, 4) is 5.88 Å². The van der Waals surface area contributed by atoms with Gasteiger partial charge < -0.3 is 15.2 Å². The Morgan fingerprint density at radius 3 is 2.60 bits per heavy atom. The summed E-state index contributed by atoms with van der Waals surface area (Å²) < 4.78 is 89.7. The van der Waals surface area contributed by atoms with Crippen LogP contribution < -0.4 is 10.5 Å². The van der Waals surface area contributed by atoms with Crippen LogP contribution in [0.1, 0.15) is 20.3 Å². The Morgan fingerprint density at radius 2 is 2.03 bits per heavy atom. The second kappa shape index (κ2) is 9.15. The number of aromatic nitrogens is 1. The van der Waals surface area contributed by atoms with Crippen molar-refractivity contribution in [2.75, 3.05) is 6.67 Å². The second-order valence-electron chi connectivity index (χ2n) is 6.73. The van der Waals surface area contributed by atoms with Crippen LogP contribution in [0.4, 0.5) is 26.3 Å². The number of pyridine rings is 1. The molecule has 0 radical (unpaired) electrons. The van der Waals surface area contributed by atoms with Gasteiger partial charge in [0.25, 0.3) is 11.9 Å². The van der Waals surface area contributed by atoms with Crippen molar-refractivity contribution >= 4 is 17.6 Å². The third kappa shape index (κ3) is 5.80. The maximum Gasteiger partial charge on any atom is 0.425 e. The van der Waals surface area contributed by atoms with Gasteiger partial charge in [0.1, 0.15) is 23.8 Å². The lowest BCUT2D eigenvalue weighted by molar-refractivity contribution is -0.193. The van der Waals surface area contributed by atoms with Crippen LogP contribution in [-0.4, -0.2) is 35.5 Å². The lowest BCUT2D eigenvalue weighted by Gasteiger charge is -2.33. The molecule has 0 amide bonds. The number of allylic oxidation sites excluding steroid dienone is 3. The van der Waals surface area contributed by atoms with E-state index in [9.17, 15) is 26.3 Å².